The predicted octanol–water partition coefficient (Wildman–Crippen LogP) is 4.90. The maximum Gasteiger partial charge on any atom is 0.264 e. The van der Waals surface area contributed by atoms with Crippen molar-refractivity contribution < 1.29 is 24.2 Å². The molecule has 0 aromatic heterocycles. The van der Waals surface area contributed by atoms with E-state index < -0.39 is 20.0 Å². The molecule has 0 unspecified atom stereocenters. The molecule has 1 spiro atoms. The van der Waals surface area contributed by atoms with Gasteiger partial charge in [-0.3, -0.25) is 9.59 Å². The molecule has 0 aliphatic carbocycles. The maximum atomic E-state index is 14.3. The predicted molar refractivity (Wildman–Crippen MR) is 159 cm³/mol. The monoisotopic (exact) mass is 579 g/mol. The molecule has 2 aliphatic heterocycles. The van der Waals surface area contributed by atoms with Gasteiger partial charge in [0, 0.05) is 45.6 Å². The Hall–Kier alpha value is -3.21. The Morgan fingerprint density at radius 2 is 1.80 bits per heavy atom. The number of nitrogens with two attached hydrogens (primary N) is 1. The fourth-order valence-electron chi connectivity index (χ4n) is 6.32. The maximum absolute atomic E-state index is 14.3. The Kier molecular flexibility index (Phi) is 7.54. The largest absolute Gasteiger partial charge is 0.432 e. The van der Waals surface area contributed by atoms with Gasteiger partial charge in [0.2, 0.25) is 0 Å². The van der Waals surface area contributed by atoms with E-state index in [1.807, 2.05) is 38.2 Å². The minimum absolute atomic E-state index is 0.101. The van der Waals surface area contributed by atoms with Crippen LogP contribution in [0.5, 0.6) is 0 Å². The molecule has 40 heavy (non-hydrogen) atoms. The van der Waals surface area contributed by atoms with Crippen LogP contribution in [0.2, 0.25) is 23.7 Å². The smallest absolute Gasteiger partial charge is 0.264 e. The lowest BCUT2D eigenvalue weighted by molar-refractivity contribution is -0.146. The van der Waals surface area contributed by atoms with Gasteiger partial charge in [-0.15, -0.1) is 0 Å². The second kappa shape index (κ2) is 10.6. The first-order valence-electron chi connectivity index (χ1n) is 13.3. The number of halogens is 1. The summed E-state index contributed by atoms with van der Waals surface area (Å²) in [5, 5.41) is 13.1. The van der Waals surface area contributed by atoms with Crippen molar-refractivity contribution in [3.05, 3.63) is 88.4 Å². The van der Waals surface area contributed by atoms with Crippen LogP contribution < -0.4 is 16.0 Å². The van der Waals surface area contributed by atoms with E-state index in [-0.39, 0.29) is 36.4 Å². The molecule has 210 valence electrons. The third-order valence-corrected chi connectivity index (χ3v) is 10.8. The summed E-state index contributed by atoms with van der Waals surface area (Å²) < 4.78 is 6.59. The Bertz CT molecular complexity index is 1430. The summed E-state index contributed by atoms with van der Waals surface area (Å²) in [6.45, 7) is 5.84. The molecule has 2 heterocycles. The van der Waals surface area contributed by atoms with E-state index >= 15 is 0 Å². The number of carbonyl (C=O) groups is 2. The molecule has 2 aliphatic rings. The number of aliphatic hydroxyl groups excluding tert-OH is 1. The second-order valence-electron chi connectivity index (χ2n) is 11.2. The molecule has 5 rings (SSSR count). The topological polar surface area (TPSA) is 125 Å². The number of nitrogen functional groups attached to an aromatic ring is 1. The number of nitrogens with zero attached hydrogens (tertiary/aromatic N) is 1. The van der Waals surface area contributed by atoms with Crippen molar-refractivity contribution in [1.82, 2.24) is 0 Å². The van der Waals surface area contributed by atoms with Crippen molar-refractivity contribution in [3.8, 4) is 0 Å². The summed E-state index contributed by atoms with van der Waals surface area (Å²) in [6.07, 6.45) is -0.119. The SMILES string of the molecule is C[C@@H]1[C@@H]([Si](C)(C)O)[C@H](CCO)O[C@@]12C(=O)N(Cc1ccc(NC(=O)c3ccc(N)cc3)cc1)c1ccc(Cl)cc12. The van der Waals surface area contributed by atoms with Crippen molar-refractivity contribution in [3.63, 3.8) is 0 Å². The zero-order chi connectivity index (χ0) is 28.8. The zero-order valence-electron chi connectivity index (χ0n) is 22.7. The van der Waals surface area contributed by atoms with Crippen LogP contribution in [0.25, 0.3) is 0 Å². The molecule has 1 saturated heterocycles. The highest BCUT2D eigenvalue weighted by molar-refractivity contribution is 6.71. The minimum atomic E-state index is -2.77. The standard InChI is InChI=1S/C30H34ClN3O5Si/c1-18-27(40(2,3)38)26(14-15-35)39-30(18)24-16-21(31)8-13-25(24)34(29(30)37)17-19-4-11-23(12-5-19)33-28(36)20-6-9-22(32)10-7-20/h4-13,16,18,26-27,35,38H,14-15,17,32H2,1-3H3,(H,33,36)/t18-,26+,27-,30+/m1/s1. The number of hydrogen-bond acceptors (Lipinski definition) is 6. The number of nitrogens with one attached hydrogen (secondary N) is 1. The van der Waals surface area contributed by atoms with Crippen LogP contribution in [-0.2, 0) is 21.7 Å². The molecule has 3 aromatic carbocycles. The van der Waals surface area contributed by atoms with Crippen LogP contribution in [0.1, 0.15) is 34.8 Å². The summed E-state index contributed by atoms with van der Waals surface area (Å²) in [5.41, 5.74) is 8.13. The molecule has 8 nitrogen and oxygen atoms in total. The van der Waals surface area contributed by atoms with E-state index in [1.54, 1.807) is 53.4 Å². The Morgan fingerprint density at radius 1 is 1.12 bits per heavy atom. The molecule has 2 amide bonds. The zero-order valence-corrected chi connectivity index (χ0v) is 24.5. The van der Waals surface area contributed by atoms with E-state index in [0.717, 1.165) is 5.56 Å². The number of benzene rings is 3. The lowest BCUT2D eigenvalue weighted by Crippen LogP contribution is -2.46. The molecule has 1 fully saturated rings. The summed E-state index contributed by atoms with van der Waals surface area (Å²) >= 11 is 6.42. The number of hydrogen-bond donors (Lipinski definition) is 4. The van der Waals surface area contributed by atoms with E-state index in [2.05, 4.69) is 5.32 Å². The van der Waals surface area contributed by atoms with Crippen LogP contribution in [0.3, 0.4) is 0 Å². The third-order valence-electron chi connectivity index (χ3n) is 8.08. The Morgan fingerprint density at radius 3 is 2.42 bits per heavy atom. The van der Waals surface area contributed by atoms with Gasteiger partial charge in [-0.1, -0.05) is 30.7 Å². The second-order valence-corrected chi connectivity index (χ2v) is 15.6. The molecule has 5 N–H and O–H groups in total. The Labute approximate surface area is 239 Å². The molecule has 10 heteroatoms. The van der Waals surface area contributed by atoms with Gasteiger partial charge in [0.05, 0.1) is 18.3 Å². The van der Waals surface area contributed by atoms with Crippen LogP contribution in [0.15, 0.2) is 66.7 Å². The van der Waals surface area contributed by atoms with Crippen molar-refractivity contribution in [2.75, 3.05) is 22.6 Å². The van der Waals surface area contributed by atoms with Crippen LogP contribution in [-0.4, -0.2) is 42.7 Å². The fraction of sp³-hybridized carbons (Fsp3) is 0.333. The number of fused-ring (bicyclic) bond motifs is 2. The average Bonchev–Trinajstić information content (AvgIpc) is 3.32. The third kappa shape index (κ3) is 4.93. The lowest BCUT2D eigenvalue weighted by atomic mass is 9.82. The van der Waals surface area contributed by atoms with Gasteiger partial charge in [0.1, 0.15) is 0 Å². The van der Waals surface area contributed by atoms with Crippen molar-refractivity contribution >= 4 is 48.8 Å². The van der Waals surface area contributed by atoms with E-state index in [1.165, 1.54) is 0 Å². The Balaban J connectivity index is 1.42. The van der Waals surface area contributed by atoms with E-state index in [4.69, 9.17) is 22.1 Å². The average molecular weight is 580 g/mol. The molecule has 0 saturated carbocycles. The number of anilines is 3. The van der Waals surface area contributed by atoms with Crippen LogP contribution >= 0.6 is 11.6 Å². The summed E-state index contributed by atoms with van der Waals surface area (Å²) in [4.78, 5) is 39.8. The first-order chi connectivity index (χ1) is 19.0. The van der Waals surface area contributed by atoms with Crippen molar-refractivity contribution in [2.24, 2.45) is 5.92 Å². The summed E-state index contributed by atoms with van der Waals surface area (Å²) in [5.74, 6) is -0.775. The first kappa shape index (κ1) is 28.3. The number of amides is 2. The van der Waals surface area contributed by atoms with Crippen molar-refractivity contribution in [2.45, 2.75) is 50.2 Å². The van der Waals surface area contributed by atoms with Gasteiger partial charge in [-0.25, -0.2) is 0 Å². The minimum Gasteiger partial charge on any atom is -0.432 e. The van der Waals surface area contributed by atoms with Crippen LogP contribution in [0.4, 0.5) is 17.1 Å². The van der Waals surface area contributed by atoms with Crippen LogP contribution in [0, 0.1) is 5.92 Å². The number of rotatable bonds is 7. The molecule has 0 bridgehead atoms. The summed E-state index contributed by atoms with van der Waals surface area (Å²) in [6, 6.07) is 19.4. The number of ether oxygens (including phenoxy) is 1. The van der Waals surface area contributed by atoms with Crippen molar-refractivity contribution in [1.29, 1.82) is 0 Å². The van der Waals surface area contributed by atoms with Gasteiger partial charge >= 0.3 is 0 Å². The van der Waals surface area contributed by atoms with Gasteiger partial charge in [-0.05, 0) is 79.7 Å². The quantitative estimate of drug-likeness (QED) is 0.233. The van der Waals surface area contributed by atoms with Gasteiger partial charge in [0.25, 0.3) is 11.8 Å². The molecular formula is C30H34ClN3O5Si. The molecule has 3 aromatic rings. The number of carbonyl (C=O) groups excluding carboxylic acids is 2. The summed E-state index contributed by atoms with van der Waals surface area (Å²) in [7, 11) is -2.77. The lowest BCUT2D eigenvalue weighted by Gasteiger charge is -2.32. The van der Waals surface area contributed by atoms with E-state index in [0.29, 0.717) is 39.6 Å². The fourth-order valence-corrected chi connectivity index (χ4v) is 9.09. The van der Waals surface area contributed by atoms with Gasteiger partial charge in [-0.2, -0.15) is 0 Å². The highest BCUT2D eigenvalue weighted by atomic mass is 35.5. The molecule has 4 atom stereocenters. The normalized spacial score (nSPS) is 24.0. The highest BCUT2D eigenvalue weighted by Gasteiger charge is 2.66. The highest BCUT2D eigenvalue weighted by Crippen LogP contribution is 2.60. The van der Waals surface area contributed by atoms with Gasteiger partial charge < -0.3 is 30.6 Å². The van der Waals surface area contributed by atoms with Gasteiger partial charge in [0.15, 0.2) is 13.9 Å². The molecular weight excluding hydrogens is 546 g/mol. The molecule has 0 radical (unpaired) electrons. The van der Waals surface area contributed by atoms with E-state index in [9.17, 15) is 19.5 Å². The first-order valence-corrected chi connectivity index (χ1v) is 16.7. The number of aliphatic hydroxyl groups is 1.